The van der Waals surface area contributed by atoms with Gasteiger partial charge < -0.3 is 0 Å². The molecule has 4 atom stereocenters. The third kappa shape index (κ3) is 1.49. The molecule has 0 amide bonds. The summed E-state index contributed by atoms with van der Waals surface area (Å²) >= 11 is 0. The van der Waals surface area contributed by atoms with Gasteiger partial charge in [0, 0.05) is 0 Å². The van der Waals surface area contributed by atoms with Crippen LogP contribution < -0.4 is 0 Å². The summed E-state index contributed by atoms with van der Waals surface area (Å²) < 4.78 is 0. The molecule has 0 N–H and O–H groups in total. The van der Waals surface area contributed by atoms with Crippen molar-refractivity contribution < 1.29 is 0 Å². The standard InChI is InChI=1S/C20H34/c1-17(2)13-14-20(11-6-9-18(20,3)15-17)19-10-5-4-7-16(19)8-12-19/h16H,4-15H2,1-3H3. The third-order valence-electron chi connectivity index (χ3n) is 8.68. The summed E-state index contributed by atoms with van der Waals surface area (Å²) in [5, 5.41) is 0. The summed E-state index contributed by atoms with van der Waals surface area (Å²) in [6, 6.07) is 0. The van der Waals surface area contributed by atoms with Crippen LogP contribution in [-0.2, 0) is 0 Å². The van der Waals surface area contributed by atoms with Crippen LogP contribution in [-0.4, -0.2) is 0 Å². The Labute approximate surface area is 126 Å². The van der Waals surface area contributed by atoms with Gasteiger partial charge in [-0.2, -0.15) is 0 Å². The van der Waals surface area contributed by atoms with Gasteiger partial charge in [-0.05, 0) is 85.4 Å². The molecule has 0 aliphatic heterocycles. The van der Waals surface area contributed by atoms with Gasteiger partial charge >= 0.3 is 0 Å². The van der Waals surface area contributed by atoms with Crippen LogP contribution in [0.5, 0.6) is 0 Å². The van der Waals surface area contributed by atoms with E-state index in [1.807, 2.05) is 0 Å². The quantitative estimate of drug-likeness (QED) is 0.523. The van der Waals surface area contributed by atoms with E-state index in [-0.39, 0.29) is 0 Å². The van der Waals surface area contributed by atoms with Crippen molar-refractivity contribution in [3.8, 4) is 0 Å². The van der Waals surface area contributed by atoms with Crippen molar-refractivity contribution in [1.82, 2.24) is 0 Å². The van der Waals surface area contributed by atoms with Gasteiger partial charge in [-0.15, -0.1) is 0 Å². The number of rotatable bonds is 1. The molecule has 0 bridgehead atoms. The van der Waals surface area contributed by atoms with E-state index in [0.717, 1.165) is 16.7 Å². The molecule has 4 saturated carbocycles. The molecule has 4 aliphatic carbocycles. The summed E-state index contributed by atoms with van der Waals surface area (Å²) in [6.45, 7) is 7.79. The Hall–Kier alpha value is 0. The van der Waals surface area contributed by atoms with Crippen LogP contribution in [0.3, 0.4) is 0 Å². The summed E-state index contributed by atoms with van der Waals surface area (Å²) in [4.78, 5) is 0. The molecule has 0 heterocycles. The van der Waals surface area contributed by atoms with Crippen molar-refractivity contribution in [2.45, 2.75) is 97.8 Å². The van der Waals surface area contributed by atoms with Gasteiger partial charge in [-0.3, -0.25) is 0 Å². The maximum atomic E-state index is 2.71. The van der Waals surface area contributed by atoms with Gasteiger partial charge in [0.15, 0.2) is 0 Å². The van der Waals surface area contributed by atoms with Crippen molar-refractivity contribution in [3.05, 3.63) is 0 Å². The van der Waals surface area contributed by atoms with Crippen LogP contribution >= 0.6 is 0 Å². The minimum Gasteiger partial charge on any atom is -0.0599 e. The molecule has 4 rings (SSSR count). The zero-order chi connectivity index (χ0) is 14.1. The predicted molar refractivity (Wildman–Crippen MR) is 85.6 cm³/mol. The normalized spacial score (nSPS) is 53.9. The molecule has 4 unspecified atom stereocenters. The molecular formula is C20H34. The molecule has 0 nitrogen and oxygen atoms in total. The van der Waals surface area contributed by atoms with E-state index in [2.05, 4.69) is 20.8 Å². The van der Waals surface area contributed by atoms with Gasteiger partial charge in [-0.25, -0.2) is 0 Å². The second kappa shape index (κ2) is 4.05. The van der Waals surface area contributed by atoms with Crippen LogP contribution in [0.4, 0.5) is 0 Å². The van der Waals surface area contributed by atoms with E-state index in [0.29, 0.717) is 10.8 Å². The Morgan fingerprint density at radius 2 is 1.55 bits per heavy atom. The second-order valence-corrected chi connectivity index (χ2v) is 9.97. The smallest absolute Gasteiger partial charge is 0.0184 e. The fourth-order valence-corrected chi connectivity index (χ4v) is 7.95. The highest BCUT2D eigenvalue weighted by Gasteiger charge is 2.69. The summed E-state index contributed by atoms with van der Waals surface area (Å²) in [7, 11) is 0. The number of hydrogen-bond donors (Lipinski definition) is 0. The molecule has 0 saturated heterocycles. The monoisotopic (exact) mass is 274 g/mol. The van der Waals surface area contributed by atoms with Gasteiger partial charge in [0.2, 0.25) is 0 Å². The lowest BCUT2D eigenvalue weighted by Crippen LogP contribution is -2.61. The summed E-state index contributed by atoms with van der Waals surface area (Å²) in [6.07, 6.45) is 18.6. The molecule has 114 valence electrons. The van der Waals surface area contributed by atoms with Crippen molar-refractivity contribution in [1.29, 1.82) is 0 Å². The van der Waals surface area contributed by atoms with Crippen molar-refractivity contribution >= 4 is 0 Å². The maximum absolute atomic E-state index is 2.71. The molecule has 4 fully saturated rings. The van der Waals surface area contributed by atoms with Crippen molar-refractivity contribution in [2.24, 2.45) is 27.6 Å². The molecular weight excluding hydrogens is 240 g/mol. The lowest BCUT2D eigenvalue weighted by Gasteiger charge is -2.70. The fourth-order valence-electron chi connectivity index (χ4n) is 7.95. The van der Waals surface area contributed by atoms with E-state index in [1.165, 1.54) is 38.5 Å². The molecule has 0 aromatic rings. The van der Waals surface area contributed by atoms with Gasteiger partial charge in [-0.1, -0.05) is 40.0 Å². The first kappa shape index (κ1) is 13.6. The van der Waals surface area contributed by atoms with Crippen LogP contribution in [0.25, 0.3) is 0 Å². The Balaban J connectivity index is 1.75. The molecule has 0 radical (unpaired) electrons. The molecule has 0 aromatic heterocycles. The lowest BCUT2D eigenvalue weighted by atomic mass is 9.35. The largest absolute Gasteiger partial charge is 0.0599 e. The highest BCUT2D eigenvalue weighted by molar-refractivity contribution is 5.18. The van der Waals surface area contributed by atoms with Crippen molar-refractivity contribution in [3.63, 3.8) is 0 Å². The topological polar surface area (TPSA) is 0 Å². The lowest BCUT2D eigenvalue weighted by molar-refractivity contribution is -0.204. The zero-order valence-electron chi connectivity index (χ0n) is 14.1. The van der Waals surface area contributed by atoms with Gasteiger partial charge in [0.25, 0.3) is 0 Å². The first-order valence-electron chi connectivity index (χ1n) is 9.43. The molecule has 4 aliphatic rings. The minimum absolute atomic E-state index is 0.604. The Kier molecular flexibility index (Phi) is 2.76. The van der Waals surface area contributed by atoms with E-state index in [1.54, 1.807) is 38.5 Å². The first-order chi connectivity index (χ1) is 9.43. The van der Waals surface area contributed by atoms with E-state index < -0.39 is 0 Å². The maximum Gasteiger partial charge on any atom is -0.0184 e. The number of fused-ring (bicyclic) bond motifs is 3. The third-order valence-corrected chi connectivity index (χ3v) is 8.68. The van der Waals surface area contributed by atoms with Crippen LogP contribution in [0.15, 0.2) is 0 Å². The highest BCUT2D eigenvalue weighted by atomic mass is 14.7. The van der Waals surface area contributed by atoms with Crippen LogP contribution in [0, 0.1) is 27.6 Å². The first-order valence-corrected chi connectivity index (χ1v) is 9.43. The van der Waals surface area contributed by atoms with Gasteiger partial charge in [0.05, 0.1) is 0 Å². The fraction of sp³-hybridized carbons (Fsp3) is 1.00. The van der Waals surface area contributed by atoms with Crippen molar-refractivity contribution in [2.75, 3.05) is 0 Å². The molecule has 0 heteroatoms. The number of hydrogen-bond acceptors (Lipinski definition) is 0. The second-order valence-electron chi connectivity index (χ2n) is 9.97. The SMILES string of the molecule is CC1(C)CCC2(C34CCCCC3CC4)CCCC2(C)C1. The minimum atomic E-state index is 0.604. The van der Waals surface area contributed by atoms with Crippen LogP contribution in [0.2, 0.25) is 0 Å². The molecule has 0 spiro atoms. The average Bonchev–Trinajstić information content (AvgIpc) is 2.67. The van der Waals surface area contributed by atoms with E-state index >= 15 is 0 Å². The Morgan fingerprint density at radius 3 is 2.25 bits per heavy atom. The Morgan fingerprint density at radius 1 is 0.700 bits per heavy atom. The molecule has 20 heavy (non-hydrogen) atoms. The van der Waals surface area contributed by atoms with Gasteiger partial charge in [0.1, 0.15) is 0 Å². The molecule has 0 aromatic carbocycles. The van der Waals surface area contributed by atoms with E-state index in [4.69, 9.17) is 0 Å². The Bertz CT molecular complexity index is 408. The van der Waals surface area contributed by atoms with E-state index in [9.17, 15) is 0 Å². The zero-order valence-corrected chi connectivity index (χ0v) is 14.1. The highest BCUT2D eigenvalue weighted by Crippen LogP contribution is 2.78. The summed E-state index contributed by atoms with van der Waals surface area (Å²) in [5.74, 6) is 1.12. The van der Waals surface area contributed by atoms with Crippen LogP contribution in [0.1, 0.15) is 97.8 Å². The average molecular weight is 274 g/mol. The summed E-state index contributed by atoms with van der Waals surface area (Å²) in [5.41, 5.74) is 2.82. The predicted octanol–water partition coefficient (Wildman–Crippen LogP) is 6.34.